The maximum absolute atomic E-state index is 5.51. The van der Waals surface area contributed by atoms with E-state index in [1.165, 1.54) is 0 Å². The summed E-state index contributed by atoms with van der Waals surface area (Å²) < 4.78 is 5.43. The number of aromatic nitrogens is 2. The van der Waals surface area contributed by atoms with E-state index in [9.17, 15) is 0 Å². The molecular weight excluding hydrogens is 242 g/mol. The molecule has 106 valence electrons. The Morgan fingerprint density at radius 1 is 1.42 bits per heavy atom. The van der Waals surface area contributed by atoms with Crippen LogP contribution in [0.15, 0.2) is 0 Å². The predicted octanol–water partition coefficient (Wildman–Crippen LogP) is 1.47. The number of hydrazine groups is 1. The zero-order chi connectivity index (χ0) is 13.8. The van der Waals surface area contributed by atoms with E-state index in [2.05, 4.69) is 27.6 Å². The number of anilines is 2. The minimum absolute atomic E-state index is 0.325. The molecule has 0 spiro atoms. The first kappa shape index (κ1) is 14.0. The number of aryl methyl sites for hydroxylation is 1. The molecule has 6 heteroatoms. The van der Waals surface area contributed by atoms with Crippen molar-refractivity contribution in [1.82, 2.24) is 9.97 Å². The van der Waals surface area contributed by atoms with Gasteiger partial charge in [0.15, 0.2) is 0 Å². The van der Waals surface area contributed by atoms with Crippen LogP contribution in [0.25, 0.3) is 0 Å². The van der Waals surface area contributed by atoms with Gasteiger partial charge in [0, 0.05) is 30.6 Å². The first-order chi connectivity index (χ1) is 9.15. The van der Waals surface area contributed by atoms with Crippen LogP contribution in [0.1, 0.15) is 31.7 Å². The Labute approximate surface area is 114 Å². The monoisotopic (exact) mass is 265 g/mol. The molecule has 19 heavy (non-hydrogen) atoms. The average molecular weight is 265 g/mol. The number of ether oxygens (including phenoxy) is 1. The molecule has 6 nitrogen and oxygen atoms in total. The fourth-order valence-electron chi connectivity index (χ4n) is 2.28. The first-order valence-electron chi connectivity index (χ1n) is 6.84. The summed E-state index contributed by atoms with van der Waals surface area (Å²) in [5, 5.41) is 3.47. The maximum atomic E-state index is 5.51. The predicted molar refractivity (Wildman–Crippen MR) is 76.0 cm³/mol. The molecule has 2 unspecified atom stereocenters. The third kappa shape index (κ3) is 3.13. The third-order valence-corrected chi connectivity index (χ3v) is 3.68. The van der Waals surface area contributed by atoms with Crippen molar-refractivity contribution in [3.63, 3.8) is 0 Å². The van der Waals surface area contributed by atoms with Gasteiger partial charge in [-0.1, -0.05) is 6.92 Å². The highest BCUT2D eigenvalue weighted by Crippen LogP contribution is 2.24. The number of nitrogens with two attached hydrogens (primary N) is 1. The molecule has 0 amide bonds. The highest BCUT2D eigenvalue weighted by molar-refractivity contribution is 5.57. The lowest BCUT2D eigenvalue weighted by Gasteiger charge is -2.22. The van der Waals surface area contributed by atoms with E-state index >= 15 is 0 Å². The topological polar surface area (TPSA) is 85.1 Å². The zero-order valence-electron chi connectivity index (χ0n) is 11.9. The van der Waals surface area contributed by atoms with Gasteiger partial charge in [0.25, 0.3) is 0 Å². The van der Waals surface area contributed by atoms with Gasteiger partial charge in [0.05, 0.1) is 6.61 Å². The normalized spacial score (nSPS) is 20.3. The number of hydrogen-bond donors (Lipinski definition) is 3. The molecule has 2 rings (SSSR count). The maximum Gasteiger partial charge on any atom is 0.148 e. The zero-order valence-corrected chi connectivity index (χ0v) is 11.9. The molecule has 0 aliphatic carbocycles. The largest absolute Gasteiger partial charge is 0.381 e. The molecule has 1 saturated heterocycles. The molecule has 0 saturated carbocycles. The molecule has 2 atom stereocenters. The van der Waals surface area contributed by atoms with E-state index < -0.39 is 0 Å². The van der Waals surface area contributed by atoms with Crippen molar-refractivity contribution < 1.29 is 4.74 Å². The summed E-state index contributed by atoms with van der Waals surface area (Å²) in [6.45, 7) is 7.84. The van der Waals surface area contributed by atoms with Crippen LogP contribution in [-0.2, 0) is 11.2 Å². The van der Waals surface area contributed by atoms with Crippen molar-refractivity contribution in [2.24, 2.45) is 11.8 Å². The third-order valence-electron chi connectivity index (χ3n) is 3.68. The summed E-state index contributed by atoms with van der Waals surface area (Å²) in [5.74, 6) is 8.38. The minimum atomic E-state index is 0.325. The average Bonchev–Trinajstić information content (AvgIpc) is 2.95. The van der Waals surface area contributed by atoms with Gasteiger partial charge in [-0.2, -0.15) is 0 Å². The van der Waals surface area contributed by atoms with E-state index in [-0.39, 0.29) is 0 Å². The molecule has 1 aromatic heterocycles. The second kappa shape index (κ2) is 6.16. The van der Waals surface area contributed by atoms with Gasteiger partial charge in [0.1, 0.15) is 17.5 Å². The highest BCUT2D eigenvalue weighted by atomic mass is 16.5. The first-order valence-corrected chi connectivity index (χ1v) is 6.84. The van der Waals surface area contributed by atoms with Crippen molar-refractivity contribution in [1.29, 1.82) is 0 Å². The van der Waals surface area contributed by atoms with E-state index in [0.717, 1.165) is 43.3 Å². The van der Waals surface area contributed by atoms with Crippen LogP contribution in [0.4, 0.5) is 11.6 Å². The van der Waals surface area contributed by atoms with Crippen molar-refractivity contribution in [3.05, 3.63) is 11.4 Å². The van der Waals surface area contributed by atoms with E-state index in [1.807, 2.05) is 13.8 Å². The van der Waals surface area contributed by atoms with Crippen LogP contribution >= 0.6 is 0 Å². The lowest BCUT2D eigenvalue weighted by atomic mass is 10.0. The van der Waals surface area contributed by atoms with Crippen LogP contribution in [0.3, 0.4) is 0 Å². The van der Waals surface area contributed by atoms with Gasteiger partial charge in [-0.25, -0.2) is 15.8 Å². The number of nitrogens with one attached hydrogen (secondary N) is 2. The standard InChI is InChI=1S/C13H23N5O/c1-4-11-16-12(8(2)13(17-11)18-14)15-9(3)10-5-6-19-7-10/h9-10H,4-7,14H2,1-3H3,(H2,15,16,17,18). The van der Waals surface area contributed by atoms with Crippen molar-refractivity contribution in [2.45, 2.75) is 39.7 Å². The van der Waals surface area contributed by atoms with Crippen LogP contribution in [-0.4, -0.2) is 29.2 Å². The molecule has 1 aliphatic rings. The number of nitrogens with zero attached hydrogens (tertiary/aromatic N) is 2. The Morgan fingerprint density at radius 3 is 2.74 bits per heavy atom. The van der Waals surface area contributed by atoms with Gasteiger partial charge in [-0.3, -0.25) is 0 Å². The van der Waals surface area contributed by atoms with Crippen molar-refractivity contribution in [2.75, 3.05) is 24.0 Å². The second-order valence-corrected chi connectivity index (χ2v) is 5.02. The Hall–Kier alpha value is -1.40. The molecule has 1 fully saturated rings. The summed E-state index contributed by atoms with van der Waals surface area (Å²) in [4.78, 5) is 8.91. The number of hydrogen-bond acceptors (Lipinski definition) is 6. The number of nitrogen functional groups attached to an aromatic ring is 1. The molecule has 1 aliphatic heterocycles. The SMILES string of the molecule is CCc1nc(NN)c(C)c(NC(C)C2CCOC2)n1. The minimum Gasteiger partial charge on any atom is -0.381 e. The summed E-state index contributed by atoms with van der Waals surface area (Å²) in [6, 6.07) is 0.325. The molecule has 0 aromatic carbocycles. The smallest absolute Gasteiger partial charge is 0.148 e. The lowest BCUT2D eigenvalue weighted by molar-refractivity contribution is 0.183. The molecule has 4 N–H and O–H groups in total. The van der Waals surface area contributed by atoms with Crippen LogP contribution in [0.5, 0.6) is 0 Å². The highest BCUT2D eigenvalue weighted by Gasteiger charge is 2.23. The van der Waals surface area contributed by atoms with E-state index in [1.54, 1.807) is 0 Å². The van der Waals surface area contributed by atoms with Gasteiger partial charge >= 0.3 is 0 Å². The van der Waals surface area contributed by atoms with E-state index in [4.69, 9.17) is 10.6 Å². The van der Waals surface area contributed by atoms with Gasteiger partial charge in [-0.05, 0) is 20.3 Å². The Balaban J connectivity index is 2.18. The summed E-state index contributed by atoms with van der Waals surface area (Å²) >= 11 is 0. The summed E-state index contributed by atoms with van der Waals surface area (Å²) in [7, 11) is 0. The Bertz CT molecular complexity index is 431. The van der Waals surface area contributed by atoms with E-state index in [0.29, 0.717) is 17.8 Å². The molecule has 0 bridgehead atoms. The number of rotatable bonds is 5. The Morgan fingerprint density at radius 2 is 2.16 bits per heavy atom. The lowest BCUT2D eigenvalue weighted by Crippen LogP contribution is -2.27. The van der Waals surface area contributed by atoms with Crippen LogP contribution < -0.4 is 16.6 Å². The van der Waals surface area contributed by atoms with Crippen LogP contribution in [0.2, 0.25) is 0 Å². The summed E-state index contributed by atoms with van der Waals surface area (Å²) in [5.41, 5.74) is 3.59. The molecule has 2 heterocycles. The van der Waals surface area contributed by atoms with Gasteiger partial charge < -0.3 is 15.5 Å². The summed E-state index contributed by atoms with van der Waals surface area (Å²) in [6.07, 6.45) is 1.88. The fraction of sp³-hybridized carbons (Fsp3) is 0.692. The quantitative estimate of drug-likeness (QED) is 0.552. The van der Waals surface area contributed by atoms with Gasteiger partial charge in [0.2, 0.25) is 0 Å². The van der Waals surface area contributed by atoms with Crippen molar-refractivity contribution in [3.8, 4) is 0 Å². The molecule has 0 radical (unpaired) electrons. The second-order valence-electron chi connectivity index (χ2n) is 5.02. The van der Waals surface area contributed by atoms with Crippen molar-refractivity contribution >= 4 is 11.6 Å². The molecular formula is C13H23N5O. The van der Waals surface area contributed by atoms with Gasteiger partial charge in [-0.15, -0.1) is 0 Å². The Kier molecular flexibility index (Phi) is 4.55. The fourth-order valence-corrected chi connectivity index (χ4v) is 2.28. The molecule has 1 aromatic rings. The van der Waals surface area contributed by atoms with Crippen LogP contribution in [0, 0.1) is 12.8 Å².